The Morgan fingerprint density at radius 1 is 1.04 bits per heavy atom. The summed E-state index contributed by atoms with van der Waals surface area (Å²) in [6.45, 7) is 1.89. The van der Waals surface area contributed by atoms with Crippen molar-refractivity contribution in [3.8, 4) is 22.6 Å². The Balaban J connectivity index is 2.37. The molecule has 0 aliphatic carbocycles. The maximum Gasteiger partial charge on any atom is 0.344 e. The first-order valence-electron chi connectivity index (χ1n) is 7.00. The molecular weight excluding hydrogens is 360 g/mol. The van der Waals surface area contributed by atoms with Crippen LogP contribution in [0.15, 0.2) is 50.1 Å². The summed E-state index contributed by atoms with van der Waals surface area (Å²) in [5.41, 5.74) is 2.22. The van der Waals surface area contributed by atoms with E-state index < -0.39 is 0 Å². The highest BCUT2D eigenvalue weighted by atomic mass is 79.9. The second-order valence-corrected chi connectivity index (χ2v) is 6.01. The van der Waals surface area contributed by atoms with Crippen LogP contribution in [-0.2, 0) is 0 Å². The number of hydrogen-bond donors (Lipinski definition) is 0. The molecule has 23 heavy (non-hydrogen) atoms. The molecular formula is C18H15BrO4. The van der Waals surface area contributed by atoms with Gasteiger partial charge in [0.2, 0.25) is 0 Å². The Labute approximate surface area is 141 Å². The third-order valence-electron chi connectivity index (χ3n) is 3.78. The van der Waals surface area contributed by atoms with E-state index in [0.717, 1.165) is 21.0 Å². The van der Waals surface area contributed by atoms with Crippen LogP contribution in [0.5, 0.6) is 11.5 Å². The zero-order valence-electron chi connectivity index (χ0n) is 13.0. The van der Waals surface area contributed by atoms with E-state index in [-0.39, 0.29) is 5.63 Å². The van der Waals surface area contributed by atoms with Crippen LogP contribution >= 0.6 is 15.9 Å². The summed E-state index contributed by atoms with van der Waals surface area (Å²) in [5, 5.41) is 0.769. The number of rotatable bonds is 3. The van der Waals surface area contributed by atoms with Crippen molar-refractivity contribution >= 4 is 26.9 Å². The van der Waals surface area contributed by atoms with Gasteiger partial charge in [-0.05, 0) is 30.2 Å². The van der Waals surface area contributed by atoms with Gasteiger partial charge in [-0.3, -0.25) is 0 Å². The van der Waals surface area contributed by atoms with Gasteiger partial charge in [0.25, 0.3) is 0 Å². The van der Waals surface area contributed by atoms with Crippen LogP contribution in [-0.4, -0.2) is 14.2 Å². The molecule has 0 N–H and O–H groups in total. The number of benzene rings is 2. The molecule has 1 aromatic heterocycles. The second-order valence-electron chi connectivity index (χ2n) is 5.10. The molecule has 0 aliphatic heterocycles. The van der Waals surface area contributed by atoms with E-state index >= 15 is 0 Å². The topological polar surface area (TPSA) is 48.7 Å². The van der Waals surface area contributed by atoms with Gasteiger partial charge in [-0.25, -0.2) is 4.79 Å². The van der Waals surface area contributed by atoms with Crippen molar-refractivity contribution < 1.29 is 13.9 Å². The van der Waals surface area contributed by atoms with E-state index in [4.69, 9.17) is 13.9 Å². The summed E-state index contributed by atoms with van der Waals surface area (Å²) < 4.78 is 17.1. The summed E-state index contributed by atoms with van der Waals surface area (Å²) in [6.07, 6.45) is 0. The van der Waals surface area contributed by atoms with Gasteiger partial charge in [0.15, 0.2) is 0 Å². The van der Waals surface area contributed by atoms with Crippen molar-refractivity contribution in [3.63, 3.8) is 0 Å². The van der Waals surface area contributed by atoms with E-state index in [1.807, 2.05) is 31.2 Å². The van der Waals surface area contributed by atoms with E-state index in [2.05, 4.69) is 15.9 Å². The molecule has 0 aliphatic rings. The minimum atomic E-state index is -0.382. The molecule has 4 nitrogen and oxygen atoms in total. The zero-order valence-corrected chi connectivity index (χ0v) is 14.6. The average molecular weight is 375 g/mol. The van der Waals surface area contributed by atoms with Gasteiger partial charge in [-0.2, -0.15) is 0 Å². The highest BCUT2D eigenvalue weighted by Gasteiger charge is 2.17. The summed E-state index contributed by atoms with van der Waals surface area (Å²) in [7, 11) is 3.14. The zero-order chi connectivity index (χ0) is 16.6. The molecule has 5 heteroatoms. The number of ether oxygens (including phenoxy) is 2. The first kappa shape index (κ1) is 15.6. The predicted molar refractivity (Wildman–Crippen MR) is 93.5 cm³/mol. The Bertz CT molecular complexity index is 926. The van der Waals surface area contributed by atoms with Crippen molar-refractivity contribution in [1.29, 1.82) is 0 Å². The number of aryl methyl sites for hydroxylation is 1. The van der Waals surface area contributed by atoms with Crippen molar-refractivity contribution in [2.75, 3.05) is 14.2 Å². The van der Waals surface area contributed by atoms with Gasteiger partial charge in [0.05, 0.1) is 25.2 Å². The van der Waals surface area contributed by atoms with Crippen molar-refractivity contribution in [1.82, 2.24) is 0 Å². The predicted octanol–water partition coefficient (Wildman–Crippen LogP) is 4.55. The fourth-order valence-corrected chi connectivity index (χ4v) is 2.94. The SMILES string of the molecule is COc1cc(OC)c2c(C)c(-c3ccc(Br)cc3)c(=O)oc2c1. The molecule has 0 spiro atoms. The standard InChI is InChI=1S/C18H15BrO4/c1-10-16(11-4-6-12(19)7-5-11)18(20)23-15-9-13(21-2)8-14(22-3)17(10)15/h4-9H,1-3H3. The Morgan fingerprint density at radius 2 is 1.74 bits per heavy atom. The van der Waals surface area contributed by atoms with Crippen LogP contribution in [0.1, 0.15) is 5.56 Å². The first-order chi connectivity index (χ1) is 11.0. The van der Waals surface area contributed by atoms with Crippen LogP contribution in [0.3, 0.4) is 0 Å². The molecule has 0 radical (unpaired) electrons. The average Bonchev–Trinajstić information content (AvgIpc) is 2.55. The lowest BCUT2D eigenvalue weighted by Gasteiger charge is -2.12. The van der Waals surface area contributed by atoms with Gasteiger partial charge in [0.1, 0.15) is 17.1 Å². The first-order valence-corrected chi connectivity index (χ1v) is 7.80. The molecule has 0 bridgehead atoms. The van der Waals surface area contributed by atoms with E-state index in [9.17, 15) is 4.79 Å². The maximum atomic E-state index is 12.5. The Kier molecular flexibility index (Phi) is 4.13. The molecule has 0 amide bonds. The van der Waals surface area contributed by atoms with E-state index in [1.54, 1.807) is 26.4 Å². The lowest BCUT2D eigenvalue weighted by atomic mass is 9.99. The van der Waals surface area contributed by atoms with Crippen molar-refractivity contribution in [3.05, 3.63) is 56.9 Å². The van der Waals surface area contributed by atoms with Crippen molar-refractivity contribution in [2.24, 2.45) is 0 Å². The van der Waals surface area contributed by atoms with Gasteiger partial charge in [-0.1, -0.05) is 28.1 Å². The number of fused-ring (bicyclic) bond motifs is 1. The number of hydrogen-bond acceptors (Lipinski definition) is 4. The molecule has 0 unspecified atom stereocenters. The number of halogens is 1. The summed E-state index contributed by atoms with van der Waals surface area (Å²) >= 11 is 3.40. The third-order valence-corrected chi connectivity index (χ3v) is 4.31. The fourth-order valence-electron chi connectivity index (χ4n) is 2.67. The lowest BCUT2D eigenvalue weighted by Crippen LogP contribution is -2.06. The summed E-state index contributed by atoms with van der Waals surface area (Å²) in [5.74, 6) is 1.19. The molecule has 0 atom stereocenters. The summed E-state index contributed by atoms with van der Waals surface area (Å²) in [4.78, 5) is 12.5. The largest absolute Gasteiger partial charge is 0.496 e. The quantitative estimate of drug-likeness (QED) is 0.631. The van der Waals surface area contributed by atoms with E-state index in [0.29, 0.717) is 22.6 Å². The molecule has 0 fully saturated rings. The molecule has 1 heterocycles. The minimum absolute atomic E-state index is 0.382. The Hall–Kier alpha value is -2.27. The Morgan fingerprint density at radius 3 is 2.35 bits per heavy atom. The van der Waals surface area contributed by atoms with Gasteiger partial charge < -0.3 is 13.9 Å². The van der Waals surface area contributed by atoms with Crippen molar-refractivity contribution in [2.45, 2.75) is 6.92 Å². The van der Waals surface area contributed by atoms with Gasteiger partial charge in [0, 0.05) is 16.6 Å². The molecule has 3 rings (SSSR count). The van der Waals surface area contributed by atoms with Crippen LogP contribution in [0.25, 0.3) is 22.1 Å². The maximum absolute atomic E-state index is 12.5. The summed E-state index contributed by atoms with van der Waals surface area (Å²) in [6, 6.07) is 11.0. The van der Waals surface area contributed by atoms with Crippen LogP contribution in [0.2, 0.25) is 0 Å². The molecule has 118 valence electrons. The lowest BCUT2D eigenvalue weighted by molar-refractivity contribution is 0.396. The van der Waals surface area contributed by atoms with Crippen LogP contribution in [0.4, 0.5) is 0 Å². The molecule has 2 aromatic carbocycles. The third kappa shape index (κ3) is 2.72. The fraction of sp³-hybridized carbons (Fsp3) is 0.167. The number of methoxy groups -OCH3 is 2. The van der Waals surface area contributed by atoms with Gasteiger partial charge in [-0.15, -0.1) is 0 Å². The molecule has 0 saturated carbocycles. The van der Waals surface area contributed by atoms with Crippen LogP contribution in [0, 0.1) is 6.92 Å². The van der Waals surface area contributed by atoms with Gasteiger partial charge >= 0.3 is 5.63 Å². The highest BCUT2D eigenvalue weighted by molar-refractivity contribution is 9.10. The minimum Gasteiger partial charge on any atom is -0.496 e. The monoisotopic (exact) mass is 374 g/mol. The molecule has 0 saturated heterocycles. The van der Waals surface area contributed by atoms with Crippen LogP contribution < -0.4 is 15.1 Å². The smallest absolute Gasteiger partial charge is 0.344 e. The highest BCUT2D eigenvalue weighted by Crippen LogP contribution is 2.36. The van der Waals surface area contributed by atoms with E-state index in [1.165, 1.54) is 0 Å². The second kappa shape index (κ2) is 6.08. The normalized spacial score (nSPS) is 10.8. The molecule has 3 aromatic rings.